The van der Waals surface area contributed by atoms with Crippen LogP contribution in [-0.2, 0) is 11.8 Å². The van der Waals surface area contributed by atoms with Crippen molar-refractivity contribution in [2.75, 3.05) is 4.90 Å². The number of carbonyl (C=O) groups is 2. The third-order valence-electron chi connectivity index (χ3n) is 5.33. The van der Waals surface area contributed by atoms with E-state index >= 15 is 0 Å². The third kappa shape index (κ3) is 2.95. The van der Waals surface area contributed by atoms with Gasteiger partial charge in [0.05, 0.1) is 5.69 Å². The number of anilines is 1. The number of carbonyl (C=O) groups excluding carboxylic acids is 2. The quantitative estimate of drug-likeness (QED) is 0.493. The molecule has 3 aromatic rings. The number of fused-ring (bicyclic) bond motifs is 1. The summed E-state index contributed by atoms with van der Waals surface area (Å²) in [5, 5.41) is 9.31. The highest BCUT2D eigenvalue weighted by Crippen LogP contribution is 2.34. The van der Waals surface area contributed by atoms with E-state index in [4.69, 9.17) is 0 Å². The SMILES string of the molecule is Cc1cccc(N2C(=O)/C(=C\c3cc(C#N)n(C)c3C)c3ccccc3C2=O)c1. The van der Waals surface area contributed by atoms with Crippen LogP contribution in [-0.4, -0.2) is 16.4 Å². The summed E-state index contributed by atoms with van der Waals surface area (Å²) in [6, 6.07) is 18.4. The van der Waals surface area contributed by atoms with Gasteiger partial charge in [-0.2, -0.15) is 5.26 Å². The zero-order chi connectivity index (χ0) is 20.7. The molecule has 0 saturated heterocycles. The Morgan fingerprint density at radius 2 is 1.66 bits per heavy atom. The van der Waals surface area contributed by atoms with Crippen molar-refractivity contribution in [2.45, 2.75) is 13.8 Å². The van der Waals surface area contributed by atoms with Gasteiger partial charge in [-0.1, -0.05) is 30.3 Å². The van der Waals surface area contributed by atoms with E-state index in [1.807, 2.05) is 45.2 Å². The first-order valence-corrected chi connectivity index (χ1v) is 9.25. The maximum absolute atomic E-state index is 13.5. The van der Waals surface area contributed by atoms with Gasteiger partial charge in [-0.15, -0.1) is 0 Å². The fraction of sp³-hybridized carbons (Fsp3) is 0.125. The Labute approximate surface area is 169 Å². The monoisotopic (exact) mass is 381 g/mol. The lowest BCUT2D eigenvalue weighted by atomic mass is 9.91. The number of nitrogens with zero attached hydrogens (tertiary/aromatic N) is 3. The molecule has 0 saturated carbocycles. The smallest absolute Gasteiger partial charge is 0.265 e. The van der Waals surface area contributed by atoms with Crippen molar-refractivity contribution in [1.29, 1.82) is 5.26 Å². The number of imide groups is 1. The summed E-state index contributed by atoms with van der Waals surface area (Å²) in [5.41, 5.74) is 5.19. The van der Waals surface area contributed by atoms with Crippen molar-refractivity contribution in [3.8, 4) is 6.07 Å². The van der Waals surface area contributed by atoms with Gasteiger partial charge in [0.2, 0.25) is 0 Å². The average molecular weight is 381 g/mol. The van der Waals surface area contributed by atoms with Gasteiger partial charge in [-0.25, -0.2) is 4.90 Å². The first-order valence-electron chi connectivity index (χ1n) is 9.25. The number of hydrogen-bond donors (Lipinski definition) is 0. The molecule has 4 rings (SSSR count). The third-order valence-corrected chi connectivity index (χ3v) is 5.33. The normalized spacial score (nSPS) is 14.8. The van der Waals surface area contributed by atoms with E-state index in [1.54, 1.807) is 41.0 Å². The zero-order valence-electron chi connectivity index (χ0n) is 16.4. The Kier molecular flexibility index (Phi) is 4.40. The summed E-state index contributed by atoms with van der Waals surface area (Å²) in [7, 11) is 1.81. The molecule has 2 aromatic carbocycles. The maximum atomic E-state index is 13.5. The highest BCUT2D eigenvalue weighted by Gasteiger charge is 2.35. The summed E-state index contributed by atoms with van der Waals surface area (Å²) in [4.78, 5) is 27.8. The van der Waals surface area contributed by atoms with Crippen LogP contribution in [0.4, 0.5) is 5.69 Å². The molecule has 142 valence electrons. The molecular formula is C24H19N3O2. The lowest BCUT2D eigenvalue weighted by molar-refractivity contribution is -0.112. The maximum Gasteiger partial charge on any atom is 0.265 e. The highest BCUT2D eigenvalue weighted by atomic mass is 16.2. The Hall–Kier alpha value is -3.91. The Balaban J connectivity index is 1.94. The number of amides is 2. The van der Waals surface area contributed by atoms with E-state index in [0.29, 0.717) is 28.1 Å². The molecule has 0 radical (unpaired) electrons. The fourth-order valence-electron chi connectivity index (χ4n) is 3.63. The van der Waals surface area contributed by atoms with Gasteiger partial charge >= 0.3 is 0 Å². The molecular weight excluding hydrogens is 362 g/mol. The lowest BCUT2D eigenvalue weighted by Crippen LogP contribution is -2.41. The molecule has 0 aliphatic carbocycles. The second-order valence-corrected chi connectivity index (χ2v) is 7.13. The van der Waals surface area contributed by atoms with Gasteiger partial charge in [0.15, 0.2) is 0 Å². The van der Waals surface area contributed by atoms with Gasteiger partial charge in [-0.05, 0) is 60.9 Å². The van der Waals surface area contributed by atoms with Crippen LogP contribution in [0.3, 0.4) is 0 Å². The van der Waals surface area contributed by atoms with Crippen molar-refractivity contribution in [3.05, 3.63) is 88.2 Å². The van der Waals surface area contributed by atoms with Crippen LogP contribution >= 0.6 is 0 Å². The van der Waals surface area contributed by atoms with Crippen LogP contribution in [0, 0.1) is 25.2 Å². The molecule has 1 aliphatic heterocycles. The number of benzene rings is 2. The molecule has 2 amide bonds. The molecule has 0 bridgehead atoms. The van der Waals surface area contributed by atoms with Crippen molar-refractivity contribution < 1.29 is 9.59 Å². The average Bonchev–Trinajstić information content (AvgIpc) is 2.99. The first kappa shape index (κ1) is 18.5. The molecule has 29 heavy (non-hydrogen) atoms. The zero-order valence-corrected chi connectivity index (χ0v) is 16.4. The summed E-state index contributed by atoms with van der Waals surface area (Å²) in [5.74, 6) is -0.711. The van der Waals surface area contributed by atoms with Crippen LogP contribution < -0.4 is 4.90 Å². The number of hydrogen-bond acceptors (Lipinski definition) is 3. The summed E-state index contributed by atoms with van der Waals surface area (Å²) >= 11 is 0. The van der Waals surface area contributed by atoms with Crippen LogP contribution in [0.15, 0.2) is 54.6 Å². The lowest BCUT2D eigenvalue weighted by Gasteiger charge is -2.29. The highest BCUT2D eigenvalue weighted by molar-refractivity contribution is 6.43. The van der Waals surface area contributed by atoms with E-state index in [1.165, 1.54) is 4.90 Å². The van der Waals surface area contributed by atoms with Crippen LogP contribution in [0.25, 0.3) is 11.6 Å². The number of aryl methyl sites for hydroxylation is 1. The van der Waals surface area contributed by atoms with Crippen molar-refractivity contribution in [3.63, 3.8) is 0 Å². The summed E-state index contributed by atoms with van der Waals surface area (Å²) in [6.45, 7) is 3.82. The van der Waals surface area contributed by atoms with Gasteiger partial charge in [0.25, 0.3) is 11.8 Å². The van der Waals surface area contributed by atoms with Gasteiger partial charge < -0.3 is 4.57 Å². The topological polar surface area (TPSA) is 66.1 Å². The standard InChI is InChI=1S/C24H19N3O2/c1-15-7-6-8-18(11-15)27-23(28)21-10-5-4-9-20(21)22(24(27)29)13-17-12-19(14-25)26(3)16(17)2/h4-13H,1-3H3/b22-13-. The van der Waals surface area contributed by atoms with Crippen LogP contribution in [0.2, 0.25) is 0 Å². The molecule has 1 aliphatic rings. The van der Waals surface area contributed by atoms with E-state index in [-0.39, 0.29) is 11.8 Å². The largest absolute Gasteiger partial charge is 0.339 e. The molecule has 0 atom stereocenters. The molecule has 5 nitrogen and oxygen atoms in total. The van der Waals surface area contributed by atoms with Crippen molar-refractivity contribution in [1.82, 2.24) is 4.57 Å². The molecule has 0 fully saturated rings. The predicted molar refractivity (Wildman–Crippen MR) is 112 cm³/mol. The molecule has 0 N–H and O–H groups in total. The Bertz CT molecular complexity index is 1240. The molecule has 2 heterocycles. The molecule has 5 heteroatoms. The number of aromatic nitrogens is 1. The Morgan fingerprint density at radius 1 is 0.931 bits per heavy atom. The number of rotatable bonds is 2. The van der Waals surface area contributed by atoms with Gasteiger partial charge in [0, 0.05) is 23.9 Å². The minimum absolute atomic E-state index is 0.337. The van der Waals surface area contributed by atoms with Crippen LogP contribution in [0.1, 0.15) is 38.4 Å². The molecule has 0 unspecified atom stereocenters. The molecule has 0 spiro atoms. The second kappa shape index (κ2) is 6.92. The number of nitriles is 1. The summed E-state index contributed by atoms with van der Waals surface area (Å²) in [6.07, 6.45) is 1.77. The van der Waals surface area contributed by atoms with Crippen LogP contribution in [0.5, 0.6) is 0 Å². The first-order chi connectivity index (χ1) is 13.9. The predicted octanol–water partition coefficient (Wildman–Crippen LogP) is 4.24. The van der Waals surface area contributed by atoms with E-state index in [2.05, 4.69) is 6.07 Å². The summed E-state index contributed by atoms with van der Waals surface area (Å²) < 4.78 is 1.79. The van der Waals surface area contributed by atoms with Gasteiger partial charge in [0.1, 0.15) is 11.8 Å². The van der Waals surface area contributed by atoms with E-state index in [9.17, 15) is 14.9 Å². The van der Waals surface area contributed by atoms with E-state index in [0.717, 1.165) is 16.8 Å². The Morgan fingerprint density at radius 3 is 2.31 bits per heavy atom. The second-order valence-electron chi connectivity index (χ2n) is 7.13. The minimum atomic E-state index is -0.374. The molecule has 1 aromatic heterocycles. The van der Waals surface area contributed by atoms with Crippen molar-refractivity contribution >= 4 is 29.2 Å². The van der Waals surface area contributed by atoms with Crippen molar-refractivity contribution in [2.24, 2.45) is 7.05 Å². The van der Waals surface area contributed by atoms with E-state index < -0.39 is 0 Å². The minimum Gasteiger partial charge on any atom is -0.339 e. The van der Waals surface area contributed by atoms with Gasteiger partial charge in [-0.3, -0.25) is 9.59 Å². The fourth-order valence-corrected chi connectivity index (χ4v) is 3.63.